The van der Waals surface area contributed by atoms with Crippen LogP contribution in [0.4, 0.5) is 0 Å². The van der Waals surface area contributed by atoms with Gasteiger partial charge < -0.3 is 4.90 Å². The van der Waals surface area contributed by atoms with E-state index in [1.165, 1.54) is 0 Å². The third-order valence-corrected chi connectivity index (χ3v) is 7.74. The number of amides is 1. The fourth-order valence-corrected chi connectivity index (χ4v) is 5.68. The highest BCUT2D eigenvalue weighted by Crippen LogP contribution is 2.35. The van der Waals surface area contributed by atoms with E-state index >= 15 is 0 Å². The summed E-state index contributed by atoms with van der Waals surface area (Å²) in [5.74, 6) is 0.197. The van der Waals surface area contributed by atoms with Gasteiger partial charge in [-0.1, -0.05) is 35.9 Å². The second-order valence-corrected chi connectivity index (χ2v) is 9.96. The number of allylic oxidation sites excluding steroid dienone is 1. The zero-order valence-corrected chi connectivity index (χ0v) is 19.3. The van der Waals surface area contributed by atoms with Crippen LogP contribution in [0.2, 0.25) is 5.02 Å². The summed E-state index contributed by atoms with van der Waals surface area (Å²) in [4.78, 5) is 40.9. The summed E-state index contributed by atoms with van der Waals surface area (Å²) in [5, 5.41) is 2.56. The van der Waals surface area contributed by atoms with Gasteiger partial charge in [-0.15, -0.1) is 11.3 Å². The predicted molar refractivity (Wildman–Crippen MR) is 124 cm³/mol. The van der Waals surface area contributed by atoms with E-state index in [1.807, 2.05) is 30.5 Å². The maximum absolute atomic E-state index is 13.0. The summed E-state index contributed by atoms with van der Waals surface area (Å²) in [6, 6.07) is 5.37. The Labute approximate surface area is 191 Å². The Balaban J connectivity index is 1.40. The van der Waals surface area contributed by atoms with Crippen LogP contribution in [0.15, 0.2) is 35.7 Å². The zero-order chi connectivity index (χ0) is 22.1. The second kappa shape index (κ2) is 9.09. The average molecular weight is 456 g/mol. The highest BCUT2D eigenvalue weighted by Gasteiger charge is 2.38. The molecule has 2 heterocycles. The number of aryl methyl sites for hydroxylation is 2. The lowest BCUT2D eigenvalue weighted by Crippen LogP contribution is -2.40. The van der Waals surface area contributed by atoms with Crippen LogP contribution < -0.4 is 0 Å². The highest BCUT2D eigenvalue weighted by atomic mass is 35.5. The van der Waals surface area contributed by atoms with E-state index in [4.69, 9.17) is 11.6 Å². The predicted octanol–water partition coefficient (Wildman–Crippen LogP) is 5.48. The Kier molecular flexibility index (Phi) is 6.44. The lowest BCUT2D eigenvalue weighted by Gasteiger charge is -2.25. The van der Waals surface area contributed by atoms with Crippen molar-refractivity contribution in [2.45, 2.75) is 64.5 Å². The monoisotopic (exact) mass is 455 g/mol. The van der Waals surface area contributed by atoms with Gasteiger partial charge in [0.2, 0.25) is 0 Å². The molecule has 0 spiro atoms. The molecule has 1 atom stereocenters. The van der Waals surface area contributed by atoms with E-state index in [1.54, 1.807) is 16.2 Å². The first-order chi connectivity index (χ1) is 14.8. The first-order valence-electron chi connectivity index (χ1n) is 10.7. The summed E-state index contributed by atoms with van der Waals surface area (Å²) < 4.78 is 0. The molecular formula is C25H26ClNO3S. The van der Waals surface area contributed by atoms with Crippen LogP contribution in [0.5, 0.6) is 0 Å². The number of carbonyl (C=O) groups is 3. The quantitative estimate of drug-likeness (QED) is 0.428. The van der Waals surface area contributed by atoms with Gasteiger partial charge in [-0.05, 0) is 55.4 Å². The number of rotatable bonds is 6. The highest BCUT2D eigenvalue weighted by molar-refractivity contribution is 7.10. The number of Topliss-reactive ketones (excluding diaryl/α,β-unsaturated/α-hetero) is 2. The SMILES string of the molecule is C=C1CCC[C@H](N2Cc3c(csc3CCC(=O)Cc3ccc(C)c(Cl)c3)C2=O)C(=O)C1. The normalized spacial score (nSPS) is 19.0. The summed E-state index contributed by atoms with van der Waals surface area (Å²) >= 11 is 7.71. The maximum atomic E-state index is 13.0. The largest absolute Gasteiger partial charge is 0.324 e. The lowest BCUT2D eigenvalue weighted by molar-refractivity contribution is -0.123. The van der Waals surface area contributed by atoms with E-state index in [0.717, 1.165) is 40.0 Å². The topological polar surface area (TPSA) is 54.5 Å². The summed E-state index contributed by atoms with van der Waals surface area (Å²) in [6.07, 6.45) is 4.21. The molecule has 1 aliphatic carbocycles. The Bertz CT molecular complexity index is 1070. The van der Waals surface area contributed by atoms with Crippen LogP contribution in [0.3, 0.4) is 0 Å². The number of ketones is 2. The zero-order valence-electron chi connectivity index (χ0n) is 17.7. The molecule has 0 N–H and O–H groups in total. The van der Waals surface area contributed by atoms with Gasteiger partial charge in [-0.25, -0.2) is 0 Å². The molecule has 4 nitrogen and oxygen atoms in total. The van der Waals surface area contributed by atoms with Crippen molar-refractivity contribution in [1.29, 1.82) is 0 Å². The summed E-state index contributed by atoms with van der Waals surface area (Å²) in [6.45, 7) is 6.38. The van der Waals surface area contributed by atoms with E-state index in [0.29, 0.717) is 49.2 Å². The Morgan fingerprint density at radius 1 is 1.32 bits per heavy atom. The van der Waals surface area contributed by atoms with Crippen LogP contribution in [0.25, 0.3) is 0 Å². The Morgan fingerprint density at radius 3 is 2.90 bits per heavy atom. The van der Waals surface area contributed by atoms with Crippen molar-refractivity contribution >= 4 is 40.4 Å². The van der Waals surface area contributed by atoms with Crippen LogP contribution >= 0.6 is 22.9 Å². The van der Waals surface area contributed by atoms with Gasteiger partial charge in [-0.2, -0.15) is 0 Å². The molecular weight excluding hydrogens is 430 g/mol. The Hall–Kier alpha value is -2.24. The molecule has 1 amide bonds. The molecule has 4 rings (SSSR count). The second-order valence-electron chi connectivity index (χ2n) is 8.58. The van der Waals surface area contributed by atoms with Crippen LogP contribution in [0.1, 0.15) is 64.0 Å². The molecule has 1 aromatic carbocycles. The smallest absolute Gasteiger partial charge is 0.255 e. The average Bonchev–Trinajstić information content (AvgIpc) is 3.21. The number of fused-ring (bicyclic) bond motifs is 1. The number of hydrogen-bond donors (Lipinski definition) is 0. The van der Waals surface area contributed by atoms with Gasteiger partial charge in [0.25, 0.3) is 5.91 Å². The van der Waals surface area contributed by atoms with Crippen LogP contribution in [-0.2, 0) is 29.0 Å². The minimum atomic E-state index is -0.357. The van der Waals surface area contributed by atoms with Gasteiger partial charge in [0, 0.05) is 41.1 Å². The number of halogens is 1. The molecule has 0 radical (unpaired) electrons. The van der Waals surface area contributed by atoms with Crippen molar-refractivity contribution in [1.82, 2.24) is 4.90 Å². The third-order valence-electron chi connectivity index (χ3n) is 6.25. The maximum Gasteiger partial charge on any atom is 0.255 e. The molecule has 1 aromatic heterocycles. The molecule has 6 heteroatoms. The number of hydrogen-bond acceptors (Lipinski definition) is 4. The minimum Gasteiger partial charge on any atom is -0.324 e. The summed E-state index contributed by atoms with van der Waals surface area (Å²) in [7, 11) is 0. The lowest BCUT2D eigenvalue weighted by atomic mass is 10.0. The van der Waals surface area contributed by atoms with Crippen molar-refractivity contribution in [3.05, 3.63) is 67.9 Å². The Morgan fingerprint density at radius 2 is 2.13 bits per heavy atom. The molecule has 31 heavy (non-hydrogen) atoms. The molecule has 2 aliphatic rings. The third kappa shape index (κ3) is 4.68. The van der Waals surface area contributed by atoms with Gasteiger partial charge in [-0.3, -0.25) is 14.4 Å². The van der Waals surface area contributed by atoms with Crippen molar-refractivity contribution in [2.75, 3.05) is 0 Å². The molecule has 0 bridgehead atoms. The molecule has 1 saturated carbocycles. The number of nitrogens with zero attached hydrogens (tertiary/aromatic N) is 1. The van der Waals surface area contributed by atoms with Crippen LogP contribution in [0, 0.1) is 6.92 Å². The van der Waals surface area contributed by atoms with Crippen molar-refractivity contribution in [2.24, 2.45) is 0 Å². The van der Waals surface area contributed by atoms with E-state index in [9.17, 15) is 14.4 Å². The van der Waals surface area contributed by atoms with Crippen molar-refractivity contribution < 1.29 is 14.4 Å². The van der Waals surface area contributed by atoms with E-state index in [-0.39, 0.29) is 23.5 Å². The van der Waals surface area contributed by atoms with Crippen molar-refractivity contribution in [3.8, 4) is 0 Å². The number of benzene rings is 1. The van der Waals surface area contributed by atoms with Crippen LogP contribution in [-0.4, -0.2) is 28.4 Å². The summed E-state index contributed by atoms with van der Waals surface area (Å²) in [5.41, 5.74) is 4.58. The van der Waals surface area contributed by atoms with Gasteiger partial charge in [0.15, 0.2) is 5.78 Å². The van der Waals surface area contributed by atoms with Gasteiger partial charge in [0.1, 0.15) is 5.78 Å². The number of thiophene rings is 1. The molecule has 162 valence electrons. The molecule has 0 saturated heterocycles. The van der Waals surface area contributed by atoms with E-state index < -0.39 is 0 Å². The first-order valence-corrected chi connectivity index (χ1v) is 12.0. The molecule has 1 aliphatic heterocycles. The fourth-order valence-electron chi connectivity index (χ4n) is 4.44. The van der Waals surface area contributed by atoms with Gasteiger partial charge >= 0.3 is 0 Å². The molecule has 2 aromatic rings. The molecule has 1 fully saturated rings. The van der Waals surface area contributed by atoms with Crippen molar-refractivity contribution in [3.63, 3.8) is 0 Å². The molecule has 0 unspecified atom stereocenters. The van der Waals surface area contributed by atoms with E-state index in [2.05, 4.69) is 6.58 Å². The van der Waals surface area contributed by atoms with Gasteiger partial charge in [0.05, 0.1) is 11.6 Å². The fraction of sp³-hybridized carbons (Fsp3) is 0.400. The number of carbonyl (C=O) groups excluding carboxylic acids is 3. The minimum absolute atomic E-state index is 0.0519. The standard InChI is InChI=1S/C25H26ClNO3S/c1-15-4-3-5-22(23(29)10-15)27-13-19-20(25(27)30)14-31-24(19)9-8-18(28)11-17-7-6-16(2)21(26)12-17/h6-7,12,14,22H,1,3-5,8-11,13H2,2H3/t22-/m0/s1. The first kappa shape index (κ1) is 22.0.